The topological polar surface area (TPSA) is 57.4 Å². The predicted octanol–water partition coefficient (Wildman–Crippen LogP) is 3.54. The first-order valence-electron chi connectivity index (χ1n) is 5.33. The van der Waals surface area contributed by atoms with Gasteiger partial charge in [0.25, 0.3) is 0 Å². The summed E-state index contributed by atoms with van der Waals surface area (Å²) in [4.78, 5) is 4.17. The maximum absolute atomic E-state index is 5.73. The number of hydrogen-bond donors (Lipinski definition) is 1. The molecule has 2 aromatic rings. The van der Waals surface area contributed by atoms with E-state index in [0.717, 1.165) is 10.0 Å². The largest absolute Gasteiger partial charge is 0.493 e. The van der Waals surface area contributed by atoms with Gasteiger partial charge in [0, 0.05) is 28.5 Å². The highest BCUT2D eigenvalue weighted by Gasteiger charge is 2.08. The van der Waals surface area contributed by atoms with Gasteiger partial charge in [-0.1, -0.05) is 0 Å². The fourth-order valence-corrected chi connectivity index (χ4v) is 1.67. The molecule has 2 N–H and O–H groups in total. The summed E-state index contributed by atoms with van der Waals surface area (Å²) in [5, 5.41) is 0. The highest BCUT2D eigenvalue weighted by Crippen LogP contribution is 2.33. The van der Waals surface area contributed by atoms with E-state index in [4.69, 9.17) is 15.2 Å². The molecular weight excluding hydrogens is 296 g/mol. The average molecular weight is 309 g/mol. The van der Waals surface area contributed by atoms with Crippen molar-refractivity contribution in [2.45, 2.75) is 6.92 Å². The number of pyridine rings is 1. The van der Waals surface area contributed by atoms with Crippen LogP contribution in [0, 0.1) is 6.92 Å². The zero-order valence-electron chi connectivity index (χ0n) is 10.1. The summed E-state index contributed by atoms with van der Waals surface area (Å²) < 4.78 is 11.8. The molecule has 0 amide bonds. The Kier molecular flexibility index (Phi) is 3.72. The molecule has 1 heterocycles. The molecule has 1 aromatic heterocycles. The lowest BCUT2D eigenvalue weighted by molar-refractivity contribution is 0.374. The van der Waals surface area contributed by atoms with Crippen LogP contribution in [-0.4, -0.2) is 12.1 Å². The van der Waals surface area contributed by atoms with Crippen LogP contribution in [0.3, 0.4) is 0 Å². The van der Waals surface area contributed by atoms with Crippen LogP contribution in [0.4, 0.5) is 5.69 Å². The van der Waals surface area contributed by atoms with Gasteiger partial charge in [-0.05, 0) is 40.5 Å². The van der Waals surface area contributed by atoms with E-state index in [-0.39, 0.29) is 0 Å². The zero-order valence-corrected chi connectivity index (χ0v) is 11.7. The Morgan fingerprint density at radius 2 is 2.00 bits per heavy atom. The molecule has 0 aliphatic heterocycles. The van der Waals surface area contributed by atoms with Gasteiger partial charge in [-0.15, -0.1) is 0 Å². The molecule has 0 fully saturated rings. The second-order valence-electron chi connectivity index (χ2n) is 3.78. The molecular formula is C13H13BrN2O2. The molecule has 4 nitrogen and oxygen atoms in total. The van der Waals surface area contributed by atoms with Crippen LogP contribution in [-0.2, 0) is 0 Å². The van der Waals surface area contributed by atoms with Crippen molar-refractivity contribution in [2.75, 3.05) is 12.8 Å². The lowest BCUT2D eigenvalue weighted by Gasteiger charge is -2.10. The number of anilines is 1. The van der Waals surface area contributed by atoms with E-state index in [2.05, 4.69) is 20.9 Å². The highest BCUT2D eigenvalue weighted by molar-refractivity contribution is 9.10. The quantitative estimate of drug-likeness (QED) is 0.881. The van der Waals surface area contributed by atoms with Gasteiger partial charge in [0.05, 0.1) is 7.11 Å². The van der Waals surface area contributed by atoms with Gasteiger partial charge in [-0.3, -0.25) is 0 Å². The van der Waals surface area contributed by atoms with E-state index in [1.54, 1.807) is 31.5 Å². The molecule has 2 rings (SSSR count). The van der Waals surface area contributed by atoms with Crippen molar-refractivity contribution in [2.24, 2.45) is 0 Å². The van der Waals surface area contributed by atoms with Crippen LogP contribution < -0.4 is 15.2 Å². The van der Waals surface area contributed by atoms with Crippen LogP contribution in [0.25, 0.3) is 0 Å². The Morgan fingerprint density at radius 1 is 1.22 bits per heavy atom. The first-order valence-corrected chi connectivity index (χ1v) is 6.13. The third-order valence-electron chi connectivity index (χ3n) is 2.42. The van der Waals surface area contributed by atoms with Gasteiger partial charge < -0.3 is 15.2 Å². The van der Waals surface area contributed by atoms with Crippen molar-refractivity contribution in [1.82, 2.24) is 4.98 Å². The van der Waals surface area contributed by atoms with Gasteiger partial charge in [0.15, 0.2) is 11.5 Å². The molecule has 0 aliphatic carbocycles. The standard InChI is InChI=1S/C13H13BrN2O2/c1-8-5-13(16-7-10(8)14)18-12-6-9(15)3-4-11(12)17-2/h3-7H,15H2,1-2H3. The minimum atomic E-state index is 0.500. The lowest BCUT2D eigenvalue weighted by atomic mass is 10.3. The molecule has 1 aromatic carbocycles. The van der Waals surface area contributed by atoms with E-state index >= 15 is 0 Å². The van der Waals surface area contributed by atoms with Gasteiger partial charge in [-0.25, -0.2) is 4.98 Å². The number of nitrogen functional groups attached to an aromatic ring is 1. The van der Waals surface area contributed by atoms with Crippen molar-refractivity contribution in [3.8, 4) is 17.4 Å². The number of methoxy groups -OCH3 is 1. The third kappa shape index (κ3) is 2.73. The summed E-state index contributed by atoms with van der Waals surface area (Å²) in [6.07, 6.45) is 1.70. The predicted molar refractivity (Wildman–Crippen MR) is 74.2 cm³/mol. The van der Waals surface area contributed by atoms with E-state index < -0.39 is 0 Å². The Balaban J connectivity index is 2.33. The summed E-state index contributed by atoms with van der Waals surface area (Å²) in [5.41, 5.74) is 7.38. The summed E-state index contributed by atoms with van der Waals surface area (Å²) in [5.74, 6) is 1.66. The Morgan fingerprint density at radius 3 is 2.67 bits per heavy atom. The molecule has 0 aliphatic rings. The molecule has 18 heavy (non-hydrogen) atoms. The van der Waals surface area contributed by atoms with E-state index in [1.165, 1.54) is 0 Å². The lowest BCUT2D eigenvalue weighted by Crippen LogP contribution is -1.94. The van der Waals surface area contributed by atoms with Crippen LogP contribution in [0.2, 0.25) is 0 Å². The van der Waals surface area contributed by atoms with Gasteiger partial charge in [0.2, 0.25) is 5.88 Å². The minimum Gasteiger partial charge on any atom is -0.493 e. The number of aromatic nitrogens is 1. The van der Waals surface area contributed by atoms with Crippen LogP contribution >= 0.6 is 15.9 Å². The molecule has 0 spiro atoms. The van der Waals surface area contributed by atoms with E-state index in [0.29, 0.717) is 23.1 Å². The van der Waals surface area contributed by atoms with Crippen molar-refractivity contribution < 1.29 is 9.47 Å². The number of nitrogens with two attached hydrogens (primary N) is 1. The number of halogens is 1. The normalized spacial score (nSPS) is 10.2. The van der Waals surface area contributed by atoms with Crippen LogP contribution in [0.5, 0.6) is 17.4 Å². The van der Waals surface area contributed by atoms with E-state index in [1.807, 2.05) is 13.0 Å². The average Bonchev–Trinajstić information content (AvgIpc) is 2.34. The number of ether oxygens (including phenoxy) is 2. The number of hydrogen-bond acceptors (Lipinski definition) is 4. The van der Waals surface area contributed by atoms with Crippen molar-refractivity contribution in [1.29, 1.82) is 0 Å². The summed E-state index contributed by atoms with van der Waals surface area (Å²) in [6.45, 7) is 1.97. The molecule has 0 radical (unpaired) electrons. The van der Waals surface area contributed by atoms with Crippen molar-refractivity contribution in [3.05, 3.63) is 40.5 Å². The maximum Gasteiger partial charge on any atom is 0.219 e. The monoisotopic (exact) mass is 308 g/mol. The maximum atomic E-state index is 5.73. The van der Waals surface area contributed by atoms with Crippen LogP contribution in [0.1, 0.15) is 5.56 Å². The van der Waals surface area contributed by atoms with Gasteiger partial charge in [0.1, 0.15) is 0 Å². The first kappa shape index (κ1) is 12.7. The number of nitrogens with zero attached hydrogens (tertiary/aromatic N) is 1. The molecule has 94 valence electrons. The van der Waals surface area contributed by atoms with Gasteiger partial charge in [-0.2, -0.15) is 0 Å². The van der Waals surface area contributed by atoms with E-state index in [9.17, 15) is 0 Å². The fraction of sp³-hybridized carbons (Fsp3) is 0.154. The molecule has 5 heteroatoms. The van der Waals surface area contributed by atoms with Crippen molar-refractivity contribution in [3.63, 3.8) is 0 Å². The molecule has 0 bridgehead atoms. The fourth-order valence-electron chi connectivity index (χ4n) is 1.46. The third-order valence-corrected chi connectivity index (χ3v) is 3.25. The molecule has 0 saturated heterocycles. The minimum absolute atomic E-state index is 0.500. The molecule has 0 unspecified atom stereocenters. The summed E-state index contributed by atoms with van der Waals surface area (Å²) in [6, 6.07) is 7.06. The number of aryl methyl sites for hydroxylation is 1. The number of benzene rings is 1. The smallest absolute Gasteiger partial charge is 0.219 e. The second kappa shape index (κ2) is 5.27. The zero-order chi connectivity index (χ0) is 13.1. The number of rotatable bonds is 3. The summed E-state index contributed by atoms with van der Waals surface area (Å²) >= 11 is 3.39. The second-order valence-corrected chi connectivity index (χ2v) is 4.64. The Labute approximate surface area is 114 Å². The highest BCUT2D eigenvalue weighted by atomic mass is 79.9. The van der Waals surface area contributed by atoms with Gasteiger partial charge >= 0.3 is 0 Å². The molecule has 0 atom stereocenters. The first-order chi connectivity index (χ1) is 8.60. The molecule has 0 saturated carbocycles. The van der Waals surface area contributed by atoms with Crippen molar-refractivity contribution >= 4 is 21.6 Å². The summed E-state index contributed by atoms with van der Waals surface area (Å²) in [7, 11) is 1.58. The SMILES string of the molecule is COc1ccc(N)cc1Oc1cc(C)c(Br)cn1. The Bertz CT molecular complexity index is 573. The van der Waals surface area contributed by atoms with Crippen LogP contribution in [0.15, 0.2) is 34.9 Å². The Hall–Kier alpha value is -1.75.